The van der Waals surface area contributed by atoms with Crippen molar-refractivity contribution in [3.05, 3.63) is 202 Å². The number of hydrogen-bond donors (Lipinski definition) is 0. The van der Waals surface area contributed by atoms with E-state index < -0.39 is 0 Å². The second-order valence-corrected chi connectivity index (χ2v) is 32.8. The van der Waals surface area contributed by atoms with Crippen molar-refractivity contribution in [1.82, 2.24) is 18.3 Å². The van der Waals surface area contributed by atoms with Gasteiger partial charge in [0, 0.05) is 43.1 Å². The maximum atomic E-state index is 13.2. The molecular weight excluding hydrogens is 1070 g/mol. The third-order valence-electron chi connectivity index (χ3n) is 19.3. The van der Waals surface area contributed by atoms with E-state index in [1.165, 1.54) is 82.0 Å². The molecule has 0 fully saturated rings. The third kappa shape index (κ3) is 9.29. The minimum absolute atomic E-state index is 0.0913. The smallest absolute Gasteiger partial charge is 0.104 e. The zero-order valence-corrected chi connectivity index (χ0v) is 56.2. The summed E-state index contributed by atoms with van der Waals surface area (Å²) in [5.41, 5.74) is 20.7. The molecular formula is C83H89N5. The zero-order valence-electron chi connectivity index (χ0n) is 56.2. The summed E-state index contributed by atoms with van der Waals surface area (Å²) in [5, 5.41) is 22.6. The van der Waals surface area contributed by atoms with E-state index in [2.05, 4.69) is 327 Å². The van der Waals surface area contributed by atoms with Gasteiger partial charge >= 0.3 is 0 Å². The fraction of sp³-hybridized carbons (Fsp3) is 0.337. The van der Waals surface area contributed by atoms with Crippen LogP contribution in [0, 0.1) is 11.3 Å². The second kappa shape index (κ2) is 19.3. The number of para-hydroxylation sites is 1. The highest BCUT2D eigenvalue weighted by atomic mass is 15.1. The maximum absolute atomic E-state index is 13.2. The zero-order chi connectivity index (χ0) is 63.1. The first-order chi connectivity index (χ1) is 41.0. The molecule has 5 heteroatoms. The van der Waals surface area contributed by atoms with Crippen LogP contribution in [0.4, 0.5) is 0 Å². The van der Waals surface area contributed by atoms with Crippen LogP contribution in [0.5, 0.6) is 0 Å². The van der Waals surface area contributed by atoms with Gasteiger partial charge in [0.25, 0.3) is 0 Å². The molecule has 0 aliphatic carbocycles. The molecule has 88 heavy (non-hydrogen) atoms. The number of hydrogen-bond acceptors (Lipinski definition) is 1. The van der Waals surface area contributed by atoms with Gasteiger partial charge in [-0.2, -0.15) is 5.26 Å². The Bertz CT molecular complexity index is 4900. The Kier molecular flexibility index (Phi) is 12.9. The summed E-state index contributed by atoms with van der Waals surface area (Å²) < 4.78 is 9.95. The monoisotopic (exact) mass is 1160 g/mol. The Morgan fingerprint density at radius 3 is 0.670 bits per heavy atom. The quantitative estimate of drug-likeness (QED) is 0.173. The molecule has 0 spiro atoms. The van der Waals surface area contributed by atoms with E-state index in [-0.39, 0.29) is 37.9 Å². The molecule has 0 bridgehead atoms. The van der Waals surface area contributed by atoms with Crippen molar-refractivity contribution < 1.29 is 0 Å². The van der Waals surface area contributed by atoms with Crippen molar-refractivity contribution in [2.24, 2.45) is 0 Å². The first kappa shape index (κ1) is 58.7. The molecule has 0 saturated heterocycles. The lowest BCUT2D eigenvalue weighted by Crippen LogP contribution is -2.15. The molecule has 0 N–H and O–H groups in total. The SMILES string of the molecule is CC(C)(C)c1ccc2c(c1)c1ccccc1n2-c1cc(-n2c3ccc(C(C)(C)C)cc3c3cc(C(C)(C)C)ccc32)c(-n2c3ccc(C(C)(C)C)cc3c3cc(C(C)(C)C)ccc32)c(C#N)c1-n1c2ccc(C(C)(C)C)cc2c2cc(C(C)(C)C)ccc21. The van der Waals surface area contributed by atoms with Gasteiger partial charge in [0.1, 0.15) is 11.6 Å². The fourth-order valence-electron chi connectivity index (χ4n) is 13.8. The molecule has 13 rings (SSSR count). The van der Waals surface area contributed by atoms with Gasteiger partial charge in [0.05, 0.1) is 66.9 Å². The van der Waals surface area contributed by atoms with E-state index in [1.807, 2.05) is 0 Å². The van der Waals surface area contributed by atoms with Crippen LogP contribution in [0.25, 0.3) is 110 Å². The topological polar surface area (TPSA) is 43.5 Å². The van der Waals surface area contributed by atoms with Crippen LogP contribution in [0.1, 0.15) is 190 Å². The van der Waals surface area contributed by atoms with Crippen LogP contribution in [0.2, 0.25) is 0 Å². The Morgan fingerprint density at radius 1 is 0.239 bits per heavy atom. The molecule has 0 radical (unpaired) electrons. The average molecular weight is 1160 g/mol. The number of nitriles is 1. The first-order valence-electron chi connectivity index (χ1n) is 32.0. The van der Waals surface area contributed by atoms with E-state index >= 15 is 0 Å². The van der Waals surface area contributed by atoms with Crippen molar-refractivity contribution >= 4 is 87.2 Å². The molecule has 0 saturated carbocycles. The lowest BCUT2D eigenvalue weighted by molar-refractivity contribution is 0.590. The van der Waals surface area contributed by atoms with E-state index in [0.29, 0.717) is 5.56 Å². The van der Waals surface area contributed by atoms with Crippen molar-refractivity contribution in [1.29, 1.82) is 5.26 Å². The highest BCUT2D eigenvalue weighted by Crippen LogP contribution is 2.49. The highest BCUT2D eigenvalue weighted by molar-refractivity contribution is 6.16. The molecule has 0 aliphatic rings. The molecule has 0 atom stereocenters. The lowest BCUT2D eigenvalue weighted by atomic mass is 9.85. The van der Waals surface area contributed by atoms with Gasteiger partial charge in [-0.1, -0.05) is 206 Å². The van der Waals surface area contributed by atoms with Gasteiger partial charge in [0.15, 0.2) is 0 Å². The van der Waals surface area contributed by atoms with Gasteiger partial charge < -0.3 is 18.3 Å². The molecule has 9 aromatic carbocycles. The number of benzene rings is 9. The van der Waals surface area contributed by atoms with Crippen molar-refractivity contribution in [3.63, 3.8) is 0 Å². The number of fused-ring (bicyclic) bond motifs is 12. The summed E-state index contributed by atoms with van der Waals surface area (Å²) in [6.07, 6.45) is 0. The lowest BCUT2D eigenvalue weighted by Gasteiger charge is -2.26. The van der Waals surface area contributed by atoms with Crippen LogP contribution < -0.4 is 0 Å². The Labute approximate surface area is 522 Å². The van der Waals surface area contributed by atoms with Crippen LogP contribution in [-0.2, 0) is 37.9 Å². The summed E-state index contributed by atoms with van der Waals surface area (Å²) in [6.45, 7) is 48.5. The minimum Gasteiger partial charge on any atom is -0.307 e. The van der Waals surface area contributed by atoms with Crippen molar-refractivity contribution in [3.8, 4) is 28.8 Å². The largest absolute Gasteiger partial charge is 0.307 e. The van der Waals surface area contributed by atoms with E-state index in [9.17, 15) is 5.26 Å². The van der Waals surface area contributed by atoms with Gasteiger partial charge in [-0.15, -0.1) is 0 Å². The van der Waals surface area contributed by atoms with Gasteiger partial charge in [-0.25, -0.2) is 0 Å². The second-order valence-electron chi connectivity index (χ2n) is 32.8. The van der Waals surface area contributed by atoms with E-state index in [1.54, 1.807) is 0 Å². The molecule has 0 unspecified atom stereocenters. The molecule has 4 aromatic heterocycles. The first-order valence-corrected chi connectivity index (χ1v) is 32.0. The summed E-state index contributed by atoms with van der Waals surface area (Å²) >= 11 is 0. The van der Waals surface area contributed by atoms with Gasteiger partial charge in [-0.3, -0.25) is 0 Å². The van der Waals surface area contributed by atoms with Crippen LogP contribution in [-0.4, -0.2) is 18.3 Å². The predicted octanol–water partition coefficient (Wildman–Crippen LogP) is 23.0. The average Bonchev–Trinajstić information content (AvgIpc) is 1.50. The Morgan fingerprint density at radius 2 is 0.443 bits per heavy atom. The fourth-order valence-corrected chi connectivity index (χ4v) is 13.8. The number of nitrogens with zero attached hydrogens (tertiary/aromatic N) is 5. The highest BCUT2D eigenvalue weighted by Gasteiger charge is 2.34. The summed E-state index contributed by atoms with van der Waals surface area (Å²) in [6, 6.07) is 64.2. The molecule has 5 nitrogen and oxygen atoms in total. The third-order valence-corrected chi connectivity index (χ3v) is 19.3. The number of aromatic nitrogens is 4. The van der Waals surface area contributed by atoms with Crippen LogP contribution in [0.3, 0.4) is 0 Å². The van der Waals surface area contributed by atoms with Crippen LogP contribution in [0.15, 0.2) is 158 Å². The van der Waals surface area contributed by atoms with Crippen LogP contribution >= 0.6 is 0 Å². The molecule has 13 aromatic rings. The van der Waals surface area contributed by atoms with Gasteiger partial charge in [0.2, 0.25) is 0 Å². The minimum atomic E-state index is -0.116. The van der Waals surface area contributed by atoms with Crippen molar-refractivity contribution in [2.45, 2.75) is 183 Å². The predicted molar refractivity (Wildman–Crippen MR) is 379 cm³/mol. The Balaban J connectivity index is 1.34. The number of rotatable bonds is 4. The normalized spacial score (nSPS) is 13.5. The van der Waals surface area contributed by atoms with E-state index in [4.69, 9.17) is 0 Å². The maximum Gasteiger partial charge on any atom is 0.104 e. The Hall–Kier alpha value is -8.33. The summed E-state index contributed by atoms with van der Waals surface area (Å²) in [4.78, 5) is 0. The van der Waals surface area contributed by atoms with Gasteiger partial charge in [-0.05, 0) is 174 Å². The summed E-state index contributed by atoms with van der Waals surface area (Å²) in [5.74, 6) is 0. The standard InChI is InChI=1S/C83H89N5/c1-77(2,3)49-26-33-66-57(40-49)56-24-22-23-25-65(56)85(66)73-47-74(86-67-34-27-50(78(4,5)6)41-58(67)59-42-51(79(7,8)9)28-35-68(59)86)76(88-71-38-31-54(82(16,17)18)45-62(71)63-46-55(83(19,20)21)32-39-72(63)88)64(48-84)75(73)87-69-36-29-52(80(10,11)12)43-60(69)61-44-53(81(13,14)15)30-37-70(61)87/h22-47H,1-21H3. The molecule has 0 aliphatic heterocycles. The summed E-state index contributed by atoms with van der Waals surface area (Å²) in [7, 11) is 0. The van der Waals surface area contributed by atoms with Crippen molar-refractivity contribution in [2.75, 3.05) is 0 Å². The molecule has 0 amide bonds. The molecule has 4 heterocycles. The van der Waals surface area contributed by atoms with E-state index in [0.717, 1.165) is 66.9 Å². The molecule has 446 valence electrons.